The number of carbonyl (C=O) groups is 2. The van der Waals surface area contributed by atoms with Gasteiger partial charge in [-0.2, -0.15) is 0 Å². The Morgan fingerprint density at radius 3 is 2.31 bits per heavy atom. The number of nitro groups is 1. The van der Waals surface area contributed by atoms with Gasteiger partial charge in [0, 0.05) is 12.1 Å². The largest absolute Gasteiger partial charge is 0.462 e. The van der Waals surface area contributed by atoms with Crippen LogP contribution in [0.2, 0.25) is 0 Å². The van der Waals surface area contributed by atoms with Crippen molar-refractivity contribution in [3.63, 3.8) is 0 Å². The van der Waals surface area contributed by atoms with Gasteiger partial charge in [0.15, 0.2) is 4.84 Å². The summed E-state index contributed by atoms with van der Waals surface area (Å²) in [7, 11) is 0. The monoisotopic (exact) mass is 473 g/mol. The molecule has 9 nitrogen and oxygen atoms in total. The van der Waals surface area contributed by atoms with Crippen LogP contribution in [0.25, 0.3) is 0 Å². The third-order valence-corrected chi connectivity index (χ3v) is 3.53. The number of aliphatic hydroxyl groups excluding tert-OH is 1. The van der Waals surface area contributed by atoms with Crippen LogP contribution in [0.1, 0.15) is 18.6 Å². The highest BCUT2D eigenvalue weighted by Crippen LogP contribution is 2.21. The molecule has 12 heteroatoms. The highest BCUT2D eigenvalue weighted by molar-refractivity contribution is 8.93. The zero-order chi connectivity index (χ0) is 19.1. The zero-order valence-electron chi connectivity index (χ0n) is 13.5. The average molecular weight is 475 g/mol. The van der Waals surface area contributed by atoms with Gasteiger partial charge in [-0.05, 0) is 24.6 Å². The molecule has 1 aromatic rings. The first-order valence-corrected chi connectivity index (χ1v) is 7.94. The van der Waals surface area contributed by atoms with E-state index in [1.165, 1.54) is 31.2 Å². The summed E-state index contributed by atoms with van der Waals surface area (Å²) in [5.41, 5.74) is 5.47. The van der Waals surface area contributed by atoms with E-state index < -0.39 is 46.4 Å². The van der Waals surface area contributed by atoms with E-state index in [1.807, 2.05) is 0 Å². The molecule has 146 valence electrons. The van der Waals surface area contributed by atoms with Crippen molar-refractivity contribution in [3.05, 3.63) is 39.9 Å². The minimum Gasteiger partial charge on any atom is -0.462 e. The minimum absolute atomic E-state index is 0. The first-order chi connectivity index (χ1) is 11.6. The van der Waals surface area contributed by atoms with E-state index in [0.717, 1.165) is 0 Å². The van der Waals surface area contributed by atoms with Crippen molar-refractivity contribution in [1.82, 2.24) is 5.32 Å². The molecule has 0 fully saturated rings. The van der Waals surface area contributed by atoms with Gasteiger partial charge < -0.3 is 20.9 Å². The predicted molar refractivity (Wildman–Crippen MR) is 100 cm³/mol. The zero-order valence-corrected chi connectivity index (χ0v) is 16.7. The lowest BCUT2D eigenvalue weighted by molar-refractivity contribution is -0.384. The lowest BCUT2D eigenvalue weighted by atomic mass is 10.0. The molecular weight excluding hydrogens is 457 g/mol. The Bertz CT molecular complexity index is 630. The molecule has 3 atom stereocenters. The normalized spacial score (nSPS) is 13.9. The standard InChI is InChI=1S/C14H17Cl2N3O6.BrH/c1-7(17)14(22)25-6-10(18-13(21)12(15)16)11(20)8-2-4-9(5-3-8)19(23)24;/h2-5,7,10-12,20H,6,17H2,1H3,(H,18,21);1H/t7-,10+,11+;/m0./s1. The third kappa shape index (κ3) is 7.42. The van der Waals surface area contributed by atoms with Gasteiger partial charge >= 0.3 is 5.97 Å². The van der Waals surface area contributed by atoms with Crippen LogP contribution in [0.3, 0.4) is 0 Å². The first-order valence-electron chi connectivity index (χ1n) is 7.06. The highest BCUT2D eigenvalue weighted by Gasteiger charge is 2.27. The Morgan fingerprint density at radius 1 is 1.35 bits per heavy atom. The topological polar surface area (TPSA) is 145 Å². The summed E-state index contributed by atoms with van der Waals surface area (Å²) < 4.78 is 4.92. The molecule has 0 aliphatic rings. The van der Waals surface area contributed by atoms with Crippen LogP contribution in [0, 0.1) is 10.1 Å². The molecule has 1 rings (SSSR count). The van der Waals surface area contributed by atoms with E-state index in [9.17, 15) is 24.8 Å². The van der Waals surface area contributed by atoms with E-state index in [2.05, 4.69) is 5.32 Å². The molecule has 0 heterocycles. The Balaban J connectivity index is 0.00000625. The molecule has 0 spiro atoms. The smallest absolute Gasteiger partial charge is 0.322 e. The molecular formula is C14H18BrCl2N3O6. The van der Waals surface area contributed by atoms with Crippen molar-refractivity contribution < 1.29 is 24.4 Å². The van der Waals surface area contributed by atoms with Gasteiger partial charge in [-0.3, -0.25) is 19.7 Å². The fourth-order valence-corrected chi connectivity index (χ4v) is 1.91. The second kappa shape index (κ2) is 11.3. The van der Waals surface area contributed by atoms with Crippen LogP contribution in [0.15, 0.2) is 24.3 Å². The molecule has 0 unspecified atom stereocenters. The van der Waals surface area contributed by atoms with Crippen LogP contribution in [-0.2, 0) is 14.3 Å². The van der Waals surface area contributed by atoms with Crippen molar-refractivity contribution in [3.8, 4) is 0 Å². The summed E-state index contributed by atoms with van der Waals surface area (Å²) in [5.74, 6) is -1.53. The number of ether oxygens (including phenoxy) is 1. The lowest BCUT2D eigenvalue weighted by Gasteiger charge is -2.25. The van der Waals surface area contributed by atoms with Crippen molar-refractivity contribution in [1.29, 1.82) is 0 Å². The van der Waals surface area contributed by atoms with E-state index in [4.69, 9.17) is 33.7 Å². The number of rotatable bonds is 8. The predicted octanol–water partition coefficient (Wildman–Crippen LogP) is 1.39. The van der Waals surface area contributed by atoms with Gasteiger partial charge in [-0.25, -0.2) is 0 Å². The molecule has 0 aromatic heterocycles. The number of halogens is 3. The van der Waals surface area contributed by atoms with Crippen LogP contribution in [0.4, 0.5) is 5.69 Å². The molecule has 1 amide bonds. The maximum absolute atomic E-state index is 11.7. The van der Waals surface area contributed by atoms with Gasteiger partial charge in [0.2, 0.25) is 0 Å². The number of amides is 1. The minimum atomic E-state index is -1.39. The number of alkyl halides is 2. The van der Waals surface area contributed by atoms with Crippen molar-refractivity contribution in [2.75, 3.05) is 6.61 Å². The fraction of sp³-hybridized carbons (Fsp3) is 0.429. The average Bonchev–Trinajstić information content (AvgIpc) is 2.57. The summed E-state index contributed by atoms with van der Waals surface area (Å²) >= 11 is 10.9. The Hall–Kier alpha value is -1.46. The number of nitrogens with two attached hydrogens (primary N) is 1. The number of esters is 1. The van der Waals surface area contributed by atoms with Crippen molar-refractivity contribution in [2.45, 2.75) is 29.9 Å². The number of carbonyl (C=O) groups excluding carboxylic acids is 2. The molecule has 0 radical (unpaired) electrons. The fourth-order valence-electron chi connectivity index (χ4n) is 1.79. The maximum Gasteiger partial charge on any atom is 0.322 e. The van der Waals surface area contributed by atoms with Gasteiger partial charge in [0.1, 0.15) is 18.8 Å². The number of benzene rings is 1. The van der Waals surface area contributed by atoms with Crippen LogP contribution in [-0.4, -0.2) is 45.4 Å². The number of hydrogen-bond donors (Lipinski definition) is 3. The lowest BCUT2D eigenvalue weighted by Crippen LogP contribution is -2.45. The molecule has 26 heavy (non-hydrogen) atoms. The quantitative estimate of drug-likeness (QED) is 0.223. The summed E-state index contributed by atoms with van der Waals surface area (Å²) in [6.45, 7) is 1.01. The molecule has 0 bridgehead atoms. The number of hydrogen-bond acceptors (Lipinski definition) is 7. The van der Waals surface area contributed by atoms with Crippen LogP contribution >= 0.6 is 40.2 Å². The van der Waals surface area contributed by atoms with E-state index in [-0.39, 0.29) is 28.2 Å². The van der Waals surface area contributed by atoms with Gasteiger partial charge in [-0.1, -0.05) is 23.2 Å². The molecule has 0 saturated carbocycles. The Morgan fingerprint density at radius 2 is 1.88 bits per heavy atom. The summed E-state index contributed by atoms with van der Waals surface area (Å²) in [4.78, 5) is 31.8. The third-order valence-electron chi connectivity index (χ3n) is 3.13. The number of nitro benzene ring substituents is 1. The van der Waals surface area contributed by atoms with Crippen molar-refractivity contribution in [2.24, 2.45) is 5.73 Å². The Labute approximate surface area is 169 Å². The number of nitrogens with zero attached hydrogens (tertiary/aromatic N) is 1. The maximum atomic E-state index is 11.7. The molecule has 4 N–H and O–H groups in total. The summed E-state index contributed by atoms with van der Waals surface area (Å²) in [6.07, 6.45) is -1.34. The Kier molecular flexibility index (Phi) is 10.7. The van der Waals surface area contributed by atoms with Crippen LogP contribution < -0.4 is 11.1 Å². The number of aliphatic hydroxyl groups is 1. The first kappa shape index (κ1) is 24.5. The van der Waals surface area contributed by atoms with Crippen molar-refractivity contribution >= 4 is 57.7 Å². The SMILES string of the molecule is Br.C[C@H](N)C(=O)OC[C@@H](NC(=O)C(Cl)Cl)[C@H](O)c1ccc([N+](=O)[O-])cc1. The van der Waals surface area contributed by atoms with Gasteiger partial charge in [-0.15, -0.1) is 17.0 Å². The number of nitrogens with one attached hydrogen (secondary N) is 1. The highest BCUT2D eigenvalue weighted by atomic mass is 79.9. The second-order valence-corrected chi connectivity index (χ2v) is 6.22. The van der Waals surface area contributed by atoms with Gasteiger partial charge in [0.25, 0.3) is 11.6 Å². The van der Waals surface area contributed by atoms with E-state index in [0.29, 0.717) is 0 Å². The van der Waals surface area contributed by atoms with E-state index >= 15 is 0 Å². The number of non-ortho nitro benzene ring substituents is 1. The summed E-state index contributed by atoms with van der Waals surface area (Å²) in [5, 5.41) is 23.4. The van der Waals surface area contributed by atoms with E-state index in [1.54, 1.807) is 0 Å². The van der Waals surface area contributed by atoms with Gasteiger partial charge in [0.05, 0.1) is 11.0 Å². The molecule has 0 aliphatic heterocycles. The molecule has 1 aromatic carbocycles. The molecule has 0 aliphatic carbocycles. The van der Waals surface area contributed by atoms with Crippen LogP contribution in [0.5, 0.6) is 0 Å². The summed E-state index contributed by atoms with van der Waals surface area (Å²) in [6, 6.07) is 3.04. The molecule has 0 saturated heterocycles. The second-order valence-electron chi connectivity index (χ2n) is 5.13.